The Balaban J connectivity index is 1.43. The summed E-state index contributed by atoms with van der Waals surface area (Å²) in [5.74, 6) is 0.767. The first kappa shape index (κ1) is 22.6. The van der Waals surface area contributed by atoms with Crippen LogP contribution in [0.3, 0.4) is 0 Å². The minimum atomic E-state index is 0.767. The van der Waals surface area contributed by atoms with E-state index in [1.807, 2.05) is 11.3 Å². The van der Waals surface area contributed by atoms with E-state index in [0.717, 1.165) is 28.3 Å². The van der Waals surface area contributed by atoms with Gasteiger partial charge in [-0.1, -0.05) is 91.0 Å². The van der Waals surface area contributed by atoms with Gasteiger partial charge in [-0.05, 0) is 65.6 Å². The highest BCUT2D eigenvalue weighted by atomic mass is 32.1. The van der Waals surface area contributed by atoms with Crippen molar-refractivity contribution in [2.75, 3.05) is 0 Å². The van der Waals surface area contributed by atoms with Gasteiger partial charge in [-0.15, -0.1) is 11.3 Å². The fraction of sp³-hybridized carbons (Fsp3) is 0.0286. The Morgan fingerprint density at radius 3 is 1.82 bits per heavy atom. The normalized spacial score (nSPS) is 11.3. The minimum absolute atomic E-state index is 0.767. The molecule has 0 N–H and O–H groups in total. The first-order valence-corrected chi connectivity index (χ1v) is 13.6. The zero-order valence-corrected chi connectivity index (χ0v) is 21.7. The van der Waals surface area contributed by atoms with Gasteiger partial charge in [0.2, 0.25) is 0 Å². The third kappa shape index (κ3) is 4.07. The van der Waals surface area contributed by atoms with Gasteiger partial charge in [0.1, 0.15) is 0 Å². The van der Waals surface area contributed by atoms with Crippen molar-refractivity contribution in [2.24, 2.45) is 0 Å². The summed E-state index contributed by atoms with van der Waals surface area (Å²) in [6, 6.07) is 45.0. The summed E-state index contributed by atoms with van der Waals surface area (Å²) in [5.41, 5.74) is 8.77. The van der Waals surface area contributed by atoms with Gasteiger partial charge in [0.25, 0.3) is 0 Å². The number of hydrogen-bond donors (Lipinski definition) is 0. The van der Waals surface area contributed by atoms with Gasteiger partial charge >= 0.3 is 0 Å². The summed E-state index contributed by atoms with van der Waals surface area (Å²) in [6.07, 6.45) is 0. The Hall–Kier alpha value is -4.60. The average molecular weight is 505 g/mol. The molecule has 0 saturated carbocycles. The number of fused-ring (bicyclic) bond motifs is 3. The van der Waals surface area contributed by atoms with Gasteiger partial charge in [0.05, 0.1) is 5.69 Å². The fourth-order valence-electron chi connectivity index (χ4n) is 5.13. The second kappa shape index (κ2) is 9.37. The first-order valence-electron chi connectivity index (χ1n) is 12.8. The van der Waals surface area contributed by atoms with Crippen LogP contribution in [0.25, 0.3) is 65.1 Å². The molecule has 0 bridgehead atoms. The van der Waals surface area contributed by atoms with Crippen LogP contribution in [0.15, 0.2) is 127 Å². The number of thiophene rings is 1. The molecule has 0 unspecified atom stereocenters. The molecular formula is C35H24N2S. The molecule has 180 valence electrons. The molecular weight excluding hydrogens is 480 g/mol. The Kier molecular flexibility index (Phi) is 5.57. The maximum absolute atomic E-state index is 5.16. The molecule has 2 nitrogen and oxygen atoms in total. The highest BCUT2D eigenvalue weighted by Crippen LogP contribution is 2.39. The SMILES string of the molecule is Cc1cc(-c2cc(-c3ccccc3)cc(-c3ccccc3)c2)nc(-c2cccc3c2sc2ccccc23)n1. The van der Waals surface area contributed by atoms with Gasteiger partial charge in [-0.25, -0.2) is 9.97 Å². The number of aromatic nitrogens is 2. The zero-order valence-electron chi connectivity index (χ0n) is 20.9. The van der Waals surface area contributed by atoms with Crippen LogP contribution < -0.4 is 0 Å². The van der Waals surface area contributed by atoms with Crippen molar-refractivity contribution < 1.29 is 0 Å². The van der Waals surface area contributed by atoms with Crippen LogP contribution in [0, 0.1) is 6.92 Å². The summed E-state index contributed by atoms with van der Waals surface area (Å²) >= 11 is 1.81. The molecule has 7 aromatic rings. The Bertz CT molecular complexity index is 1860. The second-order valence-corrected chi connectivity index (χ2v) is 10.6. The summed E-state index contributed by atoms with van der Waals surface area (Å²) in [7, 11) is 0. The number of benzene rings is 5. The van der Waals surface area contributed by atoms with Crippen LogP contribution in [0.2, 0.25) is 0 Å². The number of nitrogens with zero attached hydrogens (tertiary/aromatic N) is 2. The van der Waals surface area contributed by atoms with Crippen molar-refractivity contribution in [3.63, 3.8) is 0 Å². The van der Waals surface area contributed by atoms with Crippen molar-refractivity contribution in [3.8, 4) is 44.9 Å². The van der Waals surface area contributed by atoms with Gasteiger partial charge < -0.3 is 0 Å². The highest BCUT2D eigenvalue weighted by molar-refractivity contribution is 7.26. The highest BCUT2D eigenvalue weighted by Gasteiger charge is 2.15. The molecule has 0 amide bonds. The lowest BCUT2D eigenvalue weighted by atomic mass is 9.95. The standard InChI is InChI=1S/C35H24N2S/c1-23-19-32(37-35(36-23)31-17-10-16-30-29-15-8-9-18-33(29)38-34(30)31)28-21-26(24-11-4-2-5-12-24)20-27(22-28)25-13-6-3-7-14-25/h2-22H,1H3. The molecule has 0 saturated heterocycles. The molecule has 38 heavy (non-hydrogen) atoms. The summed E-state index contributed by atoms with van der Waals surface area (Å²) in [4.78, 5) is 10.1. The Morgan fingerprint density at radius 2 is 1.11 bits per heavy atom. The largest absolute Gasteiger partial charge is 0.233 e. The lowest BCUT2D eigenvalue weighted by molar-refractivity contribution is 1.12. The van der Waals surface area contributed by atoms with E-state index in [1.165, 1.54) is 42.4 Å². The van der Waals surface area contributed by atoms with E-state index < -0.39 is 0 Å². The number of rotatable bonds is 4. The van der Waals surface area contributed by atoms with E-state index in [1.54, 1.807) is 0 Å². The van der Waals surface area contributed by atoms with Crippen LogP contribution in [-0.4, -0.2) is 9.97 Å². The quantitative estimate of drug-likeness (QED) is 0.238. The third-order valence-electron chi connectivity index (χ3n) is 6.94. The van der Waals surface area contributed by atoms with Gasteiger partial charge in [0.15, 0.2) is 5.82 Å². The fourth-order valence-corrected chi connectivity index (χ4v) is 6.34. The Labute approximate surface area is 225 Å². The van der Waals surface area contributed by atoms with E-state index in [-0.39, 0.29) is 0 Å². The van der Waals surface area contributed by atoms with Crippen molar-refractivity contribution in [3.05, 3.63) is 133 Å². The summed E-state index contributed by atoms with van der Waals surface area (Å²) < 4.78 is 2.51. The maximum Gasteiger partial charge on any atom is 0.161 e. The monoisotopic (exact) mass is 504 g/mol. The predicted molar refractivity (Wildman–Crippen MR) is 161 cm³/mol. The number of hydrogen-bond acceptors (Lipinski definition) is 3. The topological polar surface area (TPSA) is 25.8 Å². The van der Waals surface area contributed by atoms with Crippen molar-refractivity contribution in [1.82, 2.24) is 9.97 Å². The molecule has 0 radical (unpaired) electrons. The van der Waals surface area contributed by atoms with Crippen LogP contribution in [-0.2, 0) is 0 Å². The van der Waals surface area contributed by atoms with Crippen molar-refractivity contribution in [2.45, 2.75) is 6.92 Å². The molecule has 2 aromatic heterocycles. The zero-order chi connectivity index (χ0) is 25.5. The molecule has 3 heteroatoms. The maximum atomic E-state index is 5.16. The molecule has 0 aliphatic heterocycles. The molecule has 5 aromatic carbocycles. The van der Waals surface area contributed by atoms with Crippen LogP contribution >= 0.6 is 11.3 Å². The molecule has 0 fully saturated rings. The smallest absolute Gasteiger partial charge is 0.161 e. The van der Waals surface area contributed by atoms with E-state index in [9.17, 15) is 0 Å². The molecule has 0 aliphatic carbocycles. The minimum Gasteiger partial charge on any atom is -0.233 e. The van der Waals surface area contributed by atoms with Crippen molar-refractivity contribution >= 4 is 31.5 Å². The molecule has 2 heterocycles. The third-order valence-corrected chi connectivity index (χ3v) is 8.16. The van der Waals surface area contributed by atoms with Crippen LogP contribution in [0.4, 0.5) is 0 Å². The molecule has 0 spiro atoms. The predicted octanol–water partition coefficient (Wildman–Crippen LogP) is 9.82. The van der Waals surface area contributed by atoms with Crippen LogP contribution in [0.1, 0.15) is 5.69 Å². The first-order chi connectivity index (χ1) is 18.7. The van der Waals surface area contributed by atoms with Gasteiger partial charge in [-0.3, -0.25) is 0 Å². The van der Waals surface area contributed by atoms with Gasteiger partial charge in [-0.2, -0.15) is 0 Å². The van der Waals surface area contributed by atoms with E-state index in [2.05, 4.69) is 134 Å². The molecule has 0 aliphatic rings. The van der Waals surface area contributed by atoms with Crippen molar-refractivity contribution in [1.29, 1.82) is 0 Å². The summed E-state index contributed by atoms with van der Waals surface area (Å²) in [6.45, 7) is 2.05. The van der Waals surface area contributed by atoms with E-state index >= 15 is 0 Å². The molecule has 0 atom stereocenters. The molecule has 7 rings (SSSR count). The second-order valence-electron chi connectivity index (χ2n) is 9.53. The van der Waals surface area contributed by atoms with Gasteiger partial charge in [0, 0.05) is 37.0 Å². The lowest BCUT2D eigenvalue weighted by Crippen LogP contribution is -1.96. The Morgan fingerprint density at radius 1 is 0.500 bits per heavy atom. The average Bonchev–Trinajstić information content (AvgIpc) is 3.36. The van der Waals surface area contributed by atoms with E-state index in [0.29, 0.717) is 0 Å². The lowest BCUT2D eigenvalue weighted by Gasteiger charge is -2.12. The summed E-state index contributed by atoms with van der Waals surface area (Å²) in [5, 5.41) is 2.54. The van der Waals surface area contributed by atoms with Crippen LogP contribution in [0.5, 0.6) is 0 Å². The van der Waals surface area contributed by atoms with E-state index in [4.69, 9.17) is 9.97 Å². The number of aryl methyl sites for hydroxylation is 1.